The van der Waals surface area contributed by atoms with Crippen molar-refractivity contribution in [3.05, 3.63) is 66.2 Å². The molecule has 1 aliphatic rings. The van der Waals surface area contributed by atoms with Gasteiger partial charge in [0.2, 0.25) is 0 Å². The highest BCUT2D eigenvalue weighted by molar-refractivity contribution is 6.18. The number of benzene rings is 2. The summed E-state index contributed by atoms with van der Waals surface area (Å²) in [6.45, 7) is 0. The maximum Gasteiger partial charge on any atom is 0.263 e. The summed E-state index contributed by atoms with van der Waals surface area (Å²) in [5.74, 6) is -1.17. The van der Waals surface area contributed by atoms with Gasteiger partial charge in [0.1, 0.15) is 5.92 Å². The van der Waals surface area contributed by atoms with Gasteiger partial charge in [0.25, 0.3) is 11.8 Å². The molecule has 1 heterocycles. The molecule has 1 fully saturated rings. The normalized spacial score (nSPS) is 18.8. The van der Waals surface area contributed by atoms with Gasteiger partial charge in [0.15, 0.2) is 0 Å². The lowest BCUT2D eigenvalue weighted by atomic mass is 9.98. The SMILES string of the molecule is CN1C(=O)C(c2ccccc2)C(=O)N1c1ccccc1. The maximum atomic E-state index is 12.6. The van der Waals surface area contributed by atoms with E-state index in [1.54, 1.807) is 7.05 Å². The number of hydrogen-bond acceptors (Lipinski definition) is 2. The Morgan fingerprint density at radius 3 is 1.95 bits per heavy atom. The average molecular weight is 266 g/mol. The summed E-state index contributed by atoms with van der Waals surface area (Å²) < 4.78 is 0. The Balaban J connectivity index is 2.01. The zero-order valence-corrected chi connectivity index (χ0v) is 11.1. The second kappa shape index (κ2) is 4.81. The Kier molecular flexibility index (Phi) is 2.99. The second-order valence-corrected chi connectivity index (χ2v) is 4.69. The highest BCUT2D eigenvalue weighted by Crippen LogP contribution is 2.31. The molecule has 2 aromatic rings. The molecule has 1 aliphatic heterocycles. The van der Waals surface area contributed by atoms with Crippen LogP contribution in [0, 0.1) is 0 Å². The van der Waals surface area contributed by atoms with Crippen LogP contribution in [0.15, 0.2) is 60.7 Å². The number of rotatable bonds is 2. The van der Waals surface area contributed by atoms with Gasteiger partial charge in [0, 0.05) is 7.05 Å². The lowest BCUT2D eigenvalue weighted by molar-refractivity contribution is -0.128. The first-order valence-electron chi connectivity index (χ1n) is 6.41. The molecule has 1 saturated heterocycles. The molecule has 1 atom stereocenters. The molecule has 2 aromatic carbocycles. The molecule has 0 N–H and O–H groups in total. The van der Waals surface area contributed by atoms with Crippen LogP contribution in [0.5, 0.6) is 0 Å². The Bertz CT molecular complexity index is 640. The minimum absolute atomic E-state index is 0.204. The quantitative estimate of drug-likeness (QED) is 0.782. The van der Waals surface area contributed by atoms with Crippen molar-refractivity contribution in [3.8, 4) is 0 Å². The summed E-state index contributed by atoms with van der Waals surface area (Å²) in [6.07, 6.45) is 0. The molecular weight excluding hydrogens is 252 g/mol. The van der Waals surface area contributed by atoms with E-state index in [-0.39, 0.29) is 11.8 Å². The monoisotopic (exact) mass is 266 g/mol. The first kappa shape index (κ1) is 12.4. The third kappa shape index (κ3) is 1.86. The van der Waals surface area contributed by atoms with Crippen molar-refractivity contribution in [3.63, 3.8) is 0 Å². The second-order valence-electron chi connectivity index (χ2n) is 4.69. The van der Waals surface area contributed by atoms with Gasteiger partial charge in [-0.05, 0) is 17.7 Å². The molecule has 1 unspecified atom stereocenters. The van der Waals surface area contributed by atoms with Crippen LogP contribution in [-0.2, 0) is 9.59 Å². The highest BCUT2D eigenvalue weighted by Gasteiger charge is 2.45. The molecule has 0 aromatic heterocycles. The molecule has 0 aliphatic carbocycles. The van der Waals surface area contributed by atoms with Gasteiger partial charge < -0.3 is 0 Å². The molecule has 2 amide bonds. The van der Waals surface area contributed by atoms with E-state index in [2.05, 4.69) is 0 Å². The Morgan fingerprint density at radius 1 is 0.800 bits per heavy atom. The van der Waals surface area contributed by atoms with Crippen molar-refractivity contribution in [2.75, 3.05) is 12.1 Å². The summed E-state index contributed by atoms with van der Waals surface area (Å²) in [7, 11) is 1.62. The van der Waals surface area contributed by atoms with Gasteiger partial charge in [0.05, 0.1) is 5.69 Å². The zero-order valence-electron chi connectivity index (χ0n) is 11.1. The van der Waals surface area contributed by atoms with E-state index in [0.717, 1.165) is 5.56 Å². The summed E-state index contributed by atoms with van der Waals surface area (Å²) in [6, 6.07) is 18.3. The fourth-order valence-corrected chi connectivity index (χ4v) is 2.46. The van der Waals surface area contributed by atoms with Gasteiger partial charge in [-0.3, -0.25) is 9.59 Å². The lowest BCUT2D eigenvalue weighted by Crippen LogP contribution is -2.37. The van der Waals surface area contributed by atoms with Crippen molar-refractivity contribution >= 4 is 17.5 Å². The number of anilines is 1. The number of amides is 2. The summed E-state index contributed by atoms with van der Waals surface area (Å²) in [5.41, 5.74) is 1.43. The average Bonchev–Trinajstić information content (AvgIpc) is 2.71. The van der Waals surface area contributed by atoms with Gasteiger partial charge in [-0.15, -0.1) is 0 Å². The van der Waals surface area contributed by atoms with Crippen LogP contribution in [0.4, 0.5) is 5.69 Å². The molecule has 100 valence electrons. The van der Waals surface area contributed by atoms with Gasteiger partial charge in [-0.1, -0.05) is 48.5 Å². The third-order valence-corrected chi connectivity index (χ3v) is 3.46. The molecule has 20 heavy (non-hydrogen) atoms. The van der Waals surface area contributed by atoms with E-state index >= 15 is 0 Å². The summed E-state index contributed by atoms with van der Waals surface area (Å²) in [4.78, 5) is 25.0. The Morgan fingerprint density at radius 2 is 1.35 bits per heavy atom. The van der Waals surface area contributed by atoms with E-state index in [0.29, 0.717) is 5.69 Å². The third-order valence-electron chi connectivity index (χ3n) is 3.46. The van der Waals surface area contributed by atoms with Crippen LogP contribution < -0.4 is 5.01 Å². The van der Waals surface area contributed by atoms with Crippen molar-refractivity contribution in [2.24, 2.45) is 0 Å². The summed E-state index contributed by atoms with van der Waals surface area (Å²) >= 11 is 0. The van der Waals surface area contributed by atoms with Gasteiger partial charge >= 0.3 is 0 Å². The van der Waals surface area contributed by atoms with Crippen LogP contribution in [-0.4, -0.2) is 23.9 Å². The van der Waals surface area contributed by atoms with Crippen molar-refractivity contribution in [1.82, 2.24) is 5.01 Å². The molecule has 0 radical (unpaired) electrons. The lowest BCUT2D eigenvalue weighted by Gasteiger charge is -2.23. The highest BCUT2D eigenvalue weighted by atomic mass is 16.2. The minimum atomic E-state index is -0.749. The van der Waals surface area contributed by atoms with Crippen LogP contribution in [0.25, 0.3) is 0 Å². The molecule has 4 nitrogen and oxygen atoms in total. The maximum absolute atomic E-state index is 12.6. The van der Waals surface area contributed by atoms with Gasteiger partial charge in [-0.2, -0.15) is 0 Å². The number of likely N-dealkylation sites (N-methyl/N-ethyl adjacent to an activating group) is 1. The van der Waals surface area contributed by atoms with E-state index in [4.69, 9.17) is 0 Å². The molecule has 4 heteroatoms. The first-order chi connectivity index (χ1) is 9.70. The Hall–Kier alpha value is -2.62. The smallest absolute Gasteiger partial charge is 0.263 e. The minimum Gasteiger partial charge on any atom is -0.272 e. The predicted octanol–water partition coefficient (Wildman–Crippen LogP) is 2.19. The Labute approximate surface area is 117 Å². The standard InChI is InChI=1S/C16H14N2O2/c1-17-15(19)14(12-8-4-2-5-9-12)16(20)18(17)13-10-6-3-7-11-13/h2-11,14H,1H3. The van der Waals surface area contributed by atoms with Crippen molar-refractivity contribution in [1.29, 1.82) is 0 Å². The molecular formula is C16H14N2O2. The largest absolute Gasteiger partial charge is 0.272 e. The molecule has 0 bridgehead atoms. The van der Waals surface area contributed by atoms with E-state index < -0.39 is 5.92 Å². The van der Waals surface area contributed by atoms with Crippen LogP contribution in [0.3, 0.4) is 0 Å². The van der Waals surface area contributed by atoms with Crippen LogP contribution >= 0.6 is 0 Å². The number of hydrazine groups is 1. The zero-order chi connectivity index (χ0) is 14.1. The fourth-order valence-electron chi connectivity index (χ4n) is 2.46. The summed E-state index contributed by atoms with van der Waals surface area (Å²) in [5, 5.41) is 2.81. The van der Waals surface area contributed by atoms with E-state index in [9.17, 15) is 9.59 Å². The number of para-hydroxylation sites is 1. The van der Waals surface area contributed by atoms with Gasteiger partial charge in [-0.25, -0.2) is 10.0 Å². The van der Waals surface area contributed by atoms with Crippen molar-refractivity contribution in [2.45, 2.75) is 5.92 Å². The molecule has 0 spiro atoms. The number of hydrogen-bond donors (Lipinski definition) is 0. The molecule has 3 rings (SSSR count). The molecule has 0 saturated carbocycles. The number of carbonyl (C=O) groups is 2. The van der Waals surface area contributed by atoms with E-state index in [1.165, 1.54) is 10.0 Å². The topological polar surface area (TPSA) is 40.6 Å². The van der Waals surface area contributed by atoms with E-state index in [1.807, 2.05) is 60.7 Å². The number of nitrogens with zero attached hydrogens (tertiary/aromatic N) is 2. The predicted molar refractivity (Wildman–Crippen MR) is 75.9 cm³/mol. The number of carbonyl (C=O) groups excluding carboxylic acids is 2. The fraction of sp³-hybridized carbons (Fsp3) is 0.125. The van der Waals surface area contributed by atoms with Crippen LogP contribution in [0.1, 0.15) is 11.5 Å². The van der Waals surface area contributed by atoms with Crippen molar-refractivity contribution < 1.29 is 9.59 Å². The van der Waals surface area contributed by atoms with Crippen LogP contribution in [0.2, 0.25) is 0 Å². The first-order valence-corrected chi connectivity index (χ1v) is 6.41.